The Bertz CT molecular complexity index is 285. The van der Waals surface area contributed by atoms with Gasteiger partial charge in [-0.2, -0.15) is 0 Å². The molecule has 0 bridgehead atoms. The maximum atomic E-state index is 12.2. The molecule has 0 aromatic rings. The Morgan fingerprint density at radius 2 is 2.11 bits per heavy atom. The molecule has 2 rings (SSSR count). The Balaban J connectivity index is 1.71. The average molecular weight is 267 g/mol. The zero-order valence-corrected chi connectivity index (χ0v) is 12.5. The number of likely N-dealkylation sites (tertiary alicyclic amines) is 1. The Morgan fingerprint density at radius 3 is 2.74 bits per heavy atom. The molecule has 2 aliphatic heterocycles. The van der Waals surface area contributed by atoms with Crippen LogP contribution in [0.1, 0.15) is 39.5 Å². The summed E-state index contributed by atoms with van der Waals surface area (Å²) in [5, 5.41) is 3.37. The maximum Gasteiger partial charge on any atom is 0.222 e. The molecule has 2 fully saturated rings. The summed E-state index contributed by atoms with van der Waals surface area (Å²) < 4.78 is 0. The van der Waals surface area contributed by atoms with Crippen molar-refractivity contribution in [1.29, 1.82) is 0 Å². The van der Waals surface area contributed by atoms with Crippen LogP contribution in [0.4, 0.5) is 0 Å². The quantitative estimate of drug-likeness (QED) is 0.788. The minimum atomic E-state index is 0.376. The van der Waals surface area contributed by atoms with Gasteiger partial charge >= 0.3 is 0 Å². The minimum absolute atomic E-state index is 0.376. The first kappa shape index (κ1) is 14.8. The highest BCUT2D eigenvalue weighted by atomic mass is 16.2. The Kier molecular flexibility index (Phi) is 5.64. The third kappa shape index (κ3) is 3.93. The van der Waals surface area contributed by atoms with E-state index in [1.54, 1.807) is 0 Å². The first-order chi connectivity index (χ1) is 9.24. The summed E-state index contributed by atoms with van der Waals surface area (Å²) in [5.74, 6) is 1.10. The topological polar surface area (TPSA) is 35.6 Å². The van der Waals surface area contributed by atoms with Crippen LogP contribution in [0.2, 0.25) is 0 Å². The van der Waals surface area contributed by atoms with Crippen LogP contribution in [-0.4, -0.2) is 61.0 Å². The number of rotatable bonds is 6. The molecule has 2 saturated heterocycles. The standard InChI is InChI=1S/C15H29N3O/c1-3-17(4-2)14-8-10-18(12-14)15(19)6-5-13-7-9-16-11-13/h13-14,16H,3-12H2,1-2H3. The van der Waals surface area contributed by atoms with Gasteiger partial charge in [-0.05, 0) is 51.4 Å². The monoisotopic (exact) mass is 267 g/mol. The summed E-state index contributed by atoms with van der Waals surface area (Å²) in [5.41, 5.74) is 0. The highest BCUT2D eigenvalue weighted by Gasteiger charge is 2.29. The van der Waals surface area contributed by atoms with Crippen LogP contribution < -0.4 is 5.32 Å². The fourth-order valence-corrected chi connectivity index (χ4v) is 3.45. The molecule has 1 amide bonds. The lowest BCUT2D eigenvalue weighted by atomic mass is 10.0. The SMILES string of the molecule is CCN(CC)C1CCN(C(=O)CCC2CCNC2)C1. The Hall–Kier alpha value is -0.610. The molecular formula is C15H29N3O. The van der Waals surface area contributed by atoms with Crippen LogP contribution in [0.5, 0.6) is 0 Å². The van der Waals surface area contributed by atoms with Crippen LogP contribution in [0.15, 0.2) is 0 Å². The highest BCUT2D eigenvalue weighted by Crippen LogP contribution is 2.19. The van der Waals surface area contributed by atoms with Crippen LogP contribution in [0.25, 0.3) is 0 Å². The van der Waals surface area contributed by atoms with Gasteiger partial charge in [0.05, 0.1) is 0 Å². The summed E-state index contributed by atoms with van der Waals surface area (Å²) in [4.78, 5) is 16.8. The van der Waals surface area contributed by atoms with E-state index in [-0.39, 0.29) is 0 Å². The predicted octanol–water partition coefficient (Wildman–Crippen LogP) is 1.32. The van der Waals surface area contributed by atoms with E-state index in [0.717, 1.165) is 64.4 Å². The maximum absolute atomic E-state index is 12.2. The van der Waals surface area contributed by atoms with Gasteiger partial charge < -0.3 is 10.2 Å². The summed E-state index contributed by atoms with van der Waals surface area (Å²) >= 11 is 0. The summed E-state index contributed by atoms with van der Waals surface area (Å²) in [6.07, 6.45) is 4.21. The zero-order valence-electron chi connectivity index (χ0n) is 12.5. The lowest BCUT2D eigenvalue weighted by Crippen LogP contribution is -2.38. The molecule has 1 N–H and O–H groups in total. The van der Waals surface area contributed by atoms with Crippen LogP contribution in [0, 0.1) is 5.92 Å². The molecule has 2 unspecified atom stereocenters. The van der Waals surface area contributed by atoms with Gasteiger partial charge in [0.15, 0.2) is 0 Å². The molecule has 110 valence electrons. The largest absolute Gasteiger partial charge is 0.341 e. The molecule has 0 aliphatic carbocycles. The van der Waals surface area contributed by atoms with Crippen molar-refractivity contribution >= 4 is 5.91 Å². The van der Waals surface area contributed by atoms with Crippen molar-refractivity contribution in [3.05, 3.63) is 0 Å². The van der Waals surface area contributed by atoms with Gasteiger partial charge in [0.2, 0.25) is 5.91 Å². The van der Waals surface area contributed by atoms with Gasteiger partial charge in [0.1, 0.15) is 0 Å². The number of likely N-dealkylation sites (N-methyl/N-ethyl adjacent to an activating group) is 1. The van der Waals surface area contributed by atoms with Crippen LogP contribution in [0.3, 0.4) is 0 Å². The van der Waals surface area contributed by atoms with Crippen molar-refractivity contribution in [2.75, 3.05) is 39.3 Å². The second-order valence-electron chi connectivity index (χ2n) is 5.90. The van der Waals surface area contributed by atoms with E-state index < -0.39 is 0 Å². The third-order valence-electron chi connectivity index (χ3n) is 4.77. The van der Waals surface area contributed by atoms with Crippen molar-refractivity contribution in [2.24, 2.45) is 5.92 Å². The average Bonchev–Trinajstić information content (AvgIpc) is 3.09. The van der Waals surface area contributed by atoms with Crippen molar-refractivity contribution in [1.82, 2.24) is 15.1 Å². The van der Waals surface area contributed by atoms with Gasteiger partial charge in [-0.1, -0.05) is 13.8 Å². The molecule has 0 aromatic carbocycles. The molecule has 4 heteroatoms. The van der Waals surface area contributed by atoms with Crippen molar-refractivity contribution in [3.63, 3.8) is 0 Å². The molecule has 2 aliphatic rings. The first-order valence-electron chi connectivity index (χ1n) is 7.97. The molecule has 2 atom stereocenters. The van der Waals surface area contributed by atoms with E-state index in [1.807, 2.05) is 0 Å². The molecule has 19 heavy (non-hydrogen) atoms. The lowest BCUT2D eigenvalue weighted by Gasteiger charge is -2.26. The molecule has 0 saturated carbocycles. The normalized spacial score (nSPS) is 27.4. The minimum Gasteiger partial charge on any atom is -0.341 e. The second-order valence-corrected chi connectivity index (χ2v) is 5.90. The Labute approximate surface area is 117 Å². The van der Waals surface area contributed by atoms with Crippen molar-refractivity contribution < 1.29 is 4.79 Å². The summed E-state index contributed by atoms with van der Waals surface area (Å²) in [6, 6.07) is 0.590. The second kappa shape index (κ2) is 7.25. The van der Waals surface area contributed by atoms with Crippen molar-refractivity contribution in [3.8, 4) is 0 Å². The summed E-state index contributed by atoms with van der Waals surface area (Å²) in [7, 11) is 0. The number of nitrogens with zero attached hydrogens (tertiary/aromatic N) is 2. The number of carbonyl (C=O) groups excluding carboxylic acids is 1. The Morgan fingerprint density at radius 1 is 1.32 bits per heavy atom. The molecule has 4 nitrogen and oxygen atoms in total. The van der Waals surface area contributed by atoms with Gasteiger partial charge in [-0.25, -0.2) is 0 Å². The number of hydrogen-bond acceptors (Lipinski definition) is 3. The van der Waals surface area contributed by atoms with Crippen LogP contribution in [-0.2, 0) is 4.79 Å². The van der Waals surface area contributed by atoms with E-state index >= 15 is 0 Å². The van der Waals surface area contributed by atoms with E-state index in [1.165, 1.54) is 6.42 Å². The smallest absolute Gasteiger partial charge is 0.222 e. The fourth-order valence-electron chi connectivity index (χ4n) is 3.45. The molecule has 0 radical (unpaired) electrons. The van der Waals surface area contributed by atoms with E-state index in [4.69, 9.17) is 0 Å². The van der Waals surface area contributed by atoms with Gasteiger partial charge in [-0.3, -0.25) is 9.69 Å². The zero-order chi connectivity index (χ0) is 13.7. The van der Waals surface area contributed by atoms with E-state index in [0.29, 0.717) is 11.9 Å². The van der Waals surface area contributed by atoms with E-state index in [2.05, 4.69) is 29.0 Å². The third-order valence-corrected chi connectivity index (χ3v) is 4.77. The van der Waals surface area contributed by atoms with Gasteiger partial charge in [0, 0.05) is 25.6 Å². The van der Waals surface area contributed by atoms with Crippen molar-refractivity contribution in [2.45, 2.75) is 45.6 Å². The van der Waals surface area contributed by atoms with Gasteiger partial charge in [-0.15, -0.1) is 0 Å². The molecular weight excluding hydrogens is 238 g/mol. The fraction of sp³-hybridized carbons (Fsp3) is 0.933. The number of carbonyl (C=O) groups is 1. The van der Waals surface area contributed by atoms with E-state index in [9.17, 15) is 4.79 Å². The summed E-state index contributed by atoms with van der Waals surface area (Å²) in [6.45, 7) is 10.8. The molecule has 0 spiro atoms. The molecule has 0 aromatic heterocycles. The molecule has 2 heterocycles. The van der Waals surface area contributed by atoms with Crippen LogP contribution >= 0.6 is 0 Å². The number of amides is 1. The number of hydrogen-bond donors (Lipinski definition) is 1. The van der Waals surface area contributed by atoms with Gasteiger partial charge in [0.25, 0.3) is 0 Å². The lowest BCUT2D eigenvalue weighted by molar-refractivity contribution is -0.130. The number of nitrogens with one attached hydrogen (secondary N) is 1. The first-order valence-corrected chi connectivity index (χ1v) is 7.97. The predicted molar refractivity (Wildman–Crippen MR) is 78.1 cm³/mol. The highest BCUT2D eigenvalue weighted by molar-refractivity contribution is 5.76.